The number of hydrogen-bond donors (Lipinski definition) is 5. The number of aromatic nitrogens is 4. The SMILES string of the molecule is CC(=O)Oc1c2c(c(O)c3ccccc13)C(Nc1nc3c(ncn3[C@H]3C[C@H](O)[C@@H](CO)O3)c(=O)[nH]1)CCC2. The number of aliphatic hydroxyl groups excluding tert-OH is 2. The Labute approximate surface area is 215 Å². The lowest BCUT2D eigenvalue weighted by Gasteiger charge is -2.30. The highest BCUT2D eigenvalue weighted by molar-refractivity contribution is 5.97. The first kappa shape index (κ1) is 24.3. The molecule has 4 atom stereocenters. The highest BCUT2D eigenvalue weighted by atomic mass is 16.5. The van der Waals surface area contributed by atoms with Crippen molar-refractivity contribution in [1.82, 2.24) is 19.5 Å². The van der Waals surface area contributed by atoms with Crippen LogP contribution in [-0.4, -0.2) is 59.6 Å². The van der Waals surface area contributed by atoms with E-state index in [4.69, 9.17) is 9.47 Å². The fraction of sp³-hybridized carbons (Fsp3) is 0.385. The zero-order chi connectivity index (χ0) is 26.6. The molecular weight excluding hydrogens is 494 g/mol. The number of imidazole rings is 1. The maximum Gasteiger partial charge on any atom is 0.308 e. The second-order valence-corrected chi connectivity index (χ2v) is 9.65. The molecular formula is C26H27N5O7. The Kier molecular flexibility index (Phi) is 6.01. The van der Waals surface area contributed by atoms with Crippen molar-refractivity contribution in [1.29, 1.82) is 0 Å². The molecule has 2 aromatic carbocycles. The van der Waals surface area contributed by atoms with Gasteiger partial charge in [0, 0.05) is 35.2 Å². The number of carbonyl (C=O) groups is 1. The molecule has 2 aliphatic rings. The molecule has 198 valence electrons. The summed E-state index contributed by atoms with van der Waals surface area (Å²) in [5.41, 5.74) is 1.22. The van der Waals surface area contributed by atoms with Crippen LogP contribution in [0.3, 0.4) is 0 Å². The Bertz CT molecular complexity index is 1610. The van der Waals surface area contributed by atoms with E-state index in [9.17, 15) is 24.9 Å². The number of aliphatic hydroxyl groups is 2. The fourth-order valence-electron chi connectivity index (χ4n) is 5.54. The molecule has 0 spiro atoms. The molecule has 38 heavy (non-hydrogen) atoms. The normalized spacial score (nSPS) is 23.0. The van der Waals surface area contributed by atoms with Crippen LogP contribution in [0.2, 0.25) is 0 Å². The van der Waals surface area contributed by atoms with Crippen molar-refractivity contribution in [2.45, 2.75) is 57.1 Å². The van der Waals surface area contributed by atoms with Gasteiger partial charge in [-0.1, -0.05) is 24.3 Å². The van der Waals surface area contributed by atoms with Gasteiger partial charge in [0.25, 0.3) is 5.56 Å². The van der Waals surface area contributed by atoms with Gasteiger partial charge in [0.2, 0.25) is 5.95 Å². The average molecular weight is 522 g/mol. The van der Waals surface area contributed by atoms with Crippen molar-refractivity contribution in [3.8, 4) is 11.5 Å². The number of hydrogen-bond acceptors (Lipinski definition) is 10. The lowest BCUT2D eigenvalue weighted by Crippen LogP contribution is -2.24. The minimum atomic E-state index is -0.856. The van der Waals surface area contributed by atoms with Gasteiger partial charge in [-0.15, -0.1) is 0 Å². The van der Waals surface area contributed by atoms with Gasteiger partial charge in [-0.2, -0.15) is 4.98 Å². The first-order valence-electron chi connectivity index (χ1n) is 12.5. The second kappa shape index (κ2) is 9.39. The van der Waals surface area contributed by atoms with E-state index in [-0.39, 0.29) is 35.9 Å². The number of H-pyrrole nitrogens is 1. The predicted molar refractivity (Wildman–Crippen MR) is 136 cm³/mol. The summed E-state index contributed by atoms with van der Waals surface area (Å²) in [6, 6.07) is 6.77. The summed E-state index contributed by atoms with van der Waals surface area (Å²) < 4.78 is 12.9. The highest BCUT2D eigenvalue weighted by Crippen LogP contribution is 2.47. The summed E-state index contributed by atoms with van der Waals surface area (Å²) in [4.78, 5) is 36.3. The van der Waals surface area contributed by atoms with Crippen molar-refractivity contribution in [3.63, 3.8) is 0 Å². The van der Waals surface area contributed by atoms with Crippen LogP contribution in [0.5, 0.6) is 11.5 Å². The molecule has 0 amide bonds. The van der Waals surface area contributed by atoms with Crippen LogP contribution in [0.4, 0.5) is 5.95 Å². The second-order valence-electron chi connectivity index (χ2n) is 9.65. The summed E-state index contributed by atoms with van der Waals surface area (Å²) in [5.74, 6) is 0.227. The number of phenolic OH excluding ortho intramolecular Hbond substituents is 1. The summed E-state index contributed by atoms with van der Waals surface area (Å²) in [6.45, 7) is 1.01. The number of nitrogens with one attached hydrogen (secondary N) is 2. The summed E-state index contributed by atoms with van der Waals surface area (Å²) >= 11 is 0. The molecule has 12 heteroatoms. The lowest BCUT2D eigenvalue weighted by molar-refractivity contribution is -0.131. The maximum atomic E-state index is 12.9. The van der Waals surface area contributed by atoms with E-state index in [0.717, 1.165) is 12.0 Å². The third kappa shape index (κ3) is 3.97. The van der Waals surface area contributed by atoms with Gasteiger partial charge in [0.1, 0.15) is 23.8 Å². The minimum Gasteiger partial charge on any atom is -0.507 e. The number of benzene rings is 2. The Morgan fingerprint density at radius 2 is 2.11 bits per heavy atom. The van der Waals surface area contributed by atoms with E-state index in [2.05, 4.69) is 20.3 Å². The highest BCUT2D eigenvalue weighted by Gasteiger charge is 2.36. The van der Waals surface area contributed by atoms with Crippen LogP contribution >= 0.6 is 0 Å². The van der Waals surface area contributed by atoms with Gasteiger partial charge in [0.15, 0.2) is 11.2 Å². The molecule has 1 aliphatic heterocycles. The summed E-state index contributed by atoms with van der Waals surface area (Å²) in [6.07, 6.45) is 1.39. The molecule has 4 aromatic rings. The number of anilines is 1. The number of fused-ring (bicyclic) bond motifs is 3. The third-order valence-corrected chi connectivity index (χ3v) is 7.23. The Hall–Kier alpha value is -4.00. The Balaban J connectivity index is 1.41. The molecule has 1 aliphatic carbocycles. The number of aromatic hydroxyl groups is 1. The number of phenols is 1. The fourth-order valence-corrected chi connectivity index (χ4v) is 5.54. The number of nitrogens with zero attached hydrogens (tertiary/aromatic N) is 3. The quantitative estimate of drug-likeness (QED) is 0.193. The number of rotatable bonds is 5. The smallest absolute Gasteiger partial charge is 0.308 e. The summed E-state index contributed by atoms with van der Waals surface area (Å²) in [7, 11) is 0. The minimum absolute atomic E-state index is 0.0838. The van der Waals surface area contributed by atoms with Crippen molar-refractivity contribution in [3.05, 3.63) is 52.1 Å². The molecule has 3 heterocycles. The van der Waals surface area contributed by atoms with Crippen molar-refractivity contribution in [2.75, 3.05) is 11.9 Å². The Morgan fingerprint density at radius 3 is 2.84 bits per heavy atom. The van der Waals surface area contributed by atoms with Crippen molar-refractivity contribution in [2.24, 2.45) is 0 Å². The van der Waals surface area contributed by atoms with Gasteiger partial charge in [0.05, 0.1) is 25.1 Å². The number of esters is 1. The molecule has 1 saturated heterocycles. The first-order valence-corrected chi connectivity index (χ1v) is 12.5. The molecule has 5 N–H and O–H groups in total. The molecule has 1 unspecified atom stereocenters. The van der Waals surface area contributed by atoms with Crippen LogP contribution < -0.4 is 15.6 Å². The largest absolute Gasteiger partial charge is 0.507 e. The number of carbonyl (C=O) groups excluding carboxylic acids is 1. The van der Waals surface area contributed by atoms with Gasteiger partial charge < -0.3 is 30.1 Å². The van der Waals surface area contributed by atoms with Crippen LogP contribution in [0.15, 0.2) is 35.4 Å². The van der Waals surface area contributed by atoms with Gasteiger partial charge in [-0.05, 0) is 19.3 Å². The van der Waals surface area contributed by atoms with E-state index < -0.39 is 36.0 Å². The molecule has 1 fully saturated rings. The van der Waals surface area contributed by atoms with Gasteiger partial charge in [-0.25, -0.2) is 4.98 Å². The number of aromatic amines is 1. The molecule has 0 saturated carbocycles. The predicted octanol–water partition coefficient (Wildman–Crippen LogP) is 2.03. The average Bonchev–Trinajstić information content (AvgIpc) is 3.49. The molecule has 2 aromatic heterocycles. The van der Waals surface area contributed by atoms with Crippen molar-refractivity contribution >= 4 is 33.9 Å². The maximum absolute atomic E-state index is 12.9. The monoisotopic (exact) mass is 521 g/mol. The Morgan fingerprint density at radius 1 is 1.32 bits per heavy atom. The summed E-state index contributed by atoms with van der Waals surface area (Å²) in [5, 5.41) is 35.4. The number of ether oxygens (including phenoxy) is 2. The molecule has 12 nitrogen and oxygen atoms in total. The van der Waals surface area contributed by atoms with E-state index in [1.165, 1.54) is 13.3 Å². The van der Waals surface area contributed by atoms with Gasteiger partial charge in [-0.3, -0.25) is 19.1 Å². The van der Waals surface area contributed by atoms with Crippen LogP contribution in [0, 0.1) is 0 Å². The molecule has 6 rings (SSSR count). The standard InChI is InChI=1S/C26H27N5O7/c1-12(33)37-23-14-6-3-2-5-13(14)22(35)20-15(23)7-4-8-16(20)28-26-29-24-21(25(36)30-26)27-11-31(24)19-9-17(34)18(10-32)38-19/h2-3,5-6,11,16-19,32,34-35H,4,7-10H2,1H3,(H2,28,29,30,36)/t16?,17-,18+,19+/m0/s1. The van der Waals surface area contributed by atoms with E-state index in [1.54, 1.807) is 16.7 Å². The van der Waals surface area contributed by atoms with E-state index in [1.807, 2.05) is 12.1 Å². The van der Waals surface area contributed by atoms with Crippen LogP contribution in [-0.2, 0) is 16.0 Å². The molecule has 0 radical (unpaired) electrons. The zero-order valence-electron chi connectivity index (χ0n) is 20.5. The molecule has 0 bridgehead atoms. The first-order chi connectivity index (χ1) is 18.4. The van der Waals surface area contributed by atoms with Crippen molar-refractivity contribution < 1.29 is 29.6 Å². The third-order valence-electron chi connectivity index (χ3n) is 7.23. The van der Waals surface area contributed by atoms with Gasteiger partial charge >= 0.3 is 5.97 Å². The zero-order valence-corrected chi connectivity index (χ0v) is 20.5. The van der Waals surface area contributed by atoms with Crippen LogP contribution in [0.25, 0.3) is 21.9 Å². The lowest BCUT2D eigenvalue weighted by atomic mass is 9.84. The van der Waals surface area contributed by atoms with E-state index in [0.29, 0.717) is 34.9 Å². The topological polar surface area (TPSA) is 172 Å². The van der Waals surface area contributed by atoms with E-state index >= 15 is 0 Å². The van der Waals surface area contributed by atoms with Crippen LogP contribution in [0.1, 0.15) is 49.6 Å².